The van der Waals surface area contributed by atoms with Gasteiger partial charge in [0.1, 0.15) is 5.82 Å². The summed E-state index contributed by atoms with van der Waals surface area (Å²) in [6.45, 7) is 1.93. The first-order valence-electron chi connectivity index (χ1n) is 6.31. The minimum absolute atomic E-state index is 0.268. The molecule has 0 amide bonds. The lowest BCUT2D eigenvalue weighted by Crippen LogP contribution is -1.97. The third-order valence-electron chi connectivity index (χ3n) is 3.27. The summed E-state index contributed by atoms with van der Waals surface area (Å²) in [5.41, 5.74) is 9.86. The van der Waals surface area contributed by atoms with Crippen molar-refractivity contribution in [2.75, 3.05) is 11.1 Å². The average Bonchev–Trinajstić information content (AvgIpc) is 2.44. The van der Waals surface area contributed by atoms with E-state index in [2.05, 4.69) is 10.3 Å². The van der Waals surface area contributed by atoms with Crippen molar-refractivity contribution in [1.29, 1.82) is 0 Å². The molecule has 0 aliphatic heterocycles. The van der Waals surface area contributed by atoms with Crippen LogP contribution < -0.4 is 11.1 Å². The topological polar surface area (TPSA) is 50.9 Å². The highest BCUT2D eigenvalue weighted by Gasteiger charge is 2.06. The molecule has 0 atom stereocenters. The molecule has 0 aliphatic carbocycles. The van der Waals surface area contributed by atoms with Gasteiger partial charge < -0.3 is 11.1 Å². The van der Waals surface area contributed by atoms with E-state index in [9.17, 15) is 4.39 Å². The molecule has 1 heterocycles. The van der Waals surface area contributed by atoms with E-state index in [1.165, 1.54) is 12.1 Å². The van der Waals surface area contributed by atoms with Crippen LogP contribution in [-0.2, 0) is 0 Å². The smallest absolute Gasteiger partial charge is 0.125 e. The van der Waals surface area contributed by atoms with E-state index in [4.69, 9.17) is 5.73 Å². The van der Waals surface area contributed by atoms with E-state index in [0.29, 0.717) is 5.69 Å². The quantitative estimate of drug-likeness (QED) is 0.690. The number of fused-ring (bicyclic) bond motifs is 1. The Bertz CT molecular complexity index is 784. The molecule has 2 aromatic carbocycles. The molecule has 20 heavy (non-hydrogen) atoms. The molecule has 1 aromatic heterocycles. The fourth-order valence-electron chi connectivity index (χ4n) is 2.18. The fourth-order valence-corrected chi connectivity index (χ4v) is 2.18. The van der Waals surface area contributed by atoms with Crippen molar-refractivity contribution in [2.24, 2.45) is 0 Å². The number of nitrogen functional groups attached to an aromatic ring is 1. The number of rotatable bonds is 2. The third-order valence-corrected chi connectivity index (χ3v) is 3.27. The Hall–Kier alpha value is -2.62. The summed E-state index contributed by atoms with van der Waals surface area (Å²) >= 11 is 0. The Morgan fingerprint density at radius 3 is 2.80 bits per heavy atom. The number of hydrogen-bond donors (Lipinski definition) is 2. The summed E-state index contributed by atoms with van der Waals surface area (Å²) in [5.74, 6) is -0.268. The van der Waals surface area contributed by atoms with Crippen molar-refractivity contribution in [1.82, 2.24) is 4.98 Å². The molecule has 0 saturated carbocycles. The van der Waals surface area contributed by atoms with Gasteiger partial charge in [0.2, 0.25) is 0 Å². The van der Waals surface area contributed by atoms with Gasteiger partial charge >= 0.3 is 0 Å². The Morgan fingerprint density at radius 1 is 1.10 bits per heavy atom. The Labute approximate surface area is 116 Å². The van der Waals surface area contributed by atoms with E-state index in [0.717, 1.165) is 27.8 Å². The second-order valence-electron chi connectivity index (χ2n) is 4.69. The molecule has 3 nitrogen and oxygen atoms in total. The first kappa shape index (κ1) is 12.4. The van der Waals surface area contributed by atoms with E-state index < -0.39 is 0 Å². The predicted octanol–water partition coefficient (Wildman–Crippen LogP) is 4.01. The number of pyridine rings is 1. The maximum atomic E-state index is 13.4. The van der Waals surface area contributed by atoms with Crippen LogP contribution in [0.5, 0.6) is 0 Å². The molecule has 0 radical (unpaired) electrons. The number of hydrogen-bond acceptors (Lipinski definition) is 3. The van der Waals surface area contributed by atoms with Crippen LogP contribution in [0.4, 0.5) is 21.5 Å². The predicted molar refractivity (Wildman–Crippen MR) is 80.6 cm³/mol. The number of benzene rings is 2. The van der Waals surface area contributed by atoms with Gasteiger partial charge in [-0.15, -0.1) is 0 Å². The number of nitrogens with zero attached hydrogens (tertiary/aromatic N) is 1. The van der Waals surface area contributed by atoms with Crippen molar-refractivity contribution < 1.29 is 4.39 Å². The molecule has 4 heteroatoms. The lowest BCUT2D eigenvalue weighted by Gasteiger charge is -2.12. The molecule has 0 saturated heterocycles. The van der Waals surface area contributed by atoms with Crippen LogP contribution >= 0.6 is 0 Å². The van der Waals surface area contributed by atoms with Crippen molar-refractivity contribution in [3.8, 4) is 0 Å². The van der Waals surface area contributed by atoms with Gasteiger partial charge in [-0.3, -0.25) is 4.98 Å². The number of nitrogens with one attached hydrogen (secondary N) is 1. The zero-order chi connectivity index (χ0) is 14.1. The van der Waals surface area contributed by atoms with Crippen LogP contribution in [0.2, 0.25) is 0 Å². The summed E-state index contributed by atoms with van der Waals surface area (Å²) in [4.78, 5) is 4.28. The second-order valence-corrected chi connectivity index (χ2v) is 4.69. The second kappa shape index (κ2) is 4.81. The summed E-state index contributed by atoms with van der Waals surface area (Å²) in [6, 6.07) is 12.2. The number of aromatic nitrogens is 1. The SMILES string of the molecule is Cc1ccc(F)cc1Nc1ccnc2c(N)cccc12. The number of nitrogens with two attached hydrogens (primary N) is 1. The van der Waals surface area contributed by atoms with Crippen molar-refractivity contribution in [3.63, 3.8) is 0 Å². The lowest BCUT2D eigenvalue weighted by molar-refractivity contribution is 0.628. The maximum Gasteiger partial charge on any atom is 0.125 e. The monoisotopic (exact) mass is 267 g/mol. The van der Waals surface area contributed by atoms with Crippen molar-refractivity contribution in [2.45, 2.75) is 6.92 Å². The maximum absolute atomic E-state index is 13.4. The van der Waals surface area contributed by atoms with Crippen LogP contribution in [0.15, 0.2) is 48.7 Å². The van der Waals surface area contributed by atoms with Gasteiger partial charge in [0.25, 0.3) is 0 Å². The van der Waals surface area contributed by atoms with Gasteiger partial charge in [0.15, 0.2) is 0 Å². The molecule has 0 spiro atoms. The number of halogens is 1. The molecular formula is C16H14FN3. The van der Waals surface area contributed by atoms with Crippen LogP contribution in [0.3, 0.4) is 0 Å². The summed E-state index contributed by atoms with van der Waals surface area (Å²) < 4.78 is 13.4. The van der Waals surface area contributed by atoms with Crippen molar-refractivity contribution >= 4 is 28.0 Å². The molecule has 100 valence electrons. The van der Waals surface area contributed by atoms with Crippen molar-refractivity contribution in [3.05, 3.63) is 60.0 Å². The fraction of sp³-hybridized carbons (Fsp3) is 0.0625. The van der Waals surface area contributed by atoms with Gasteiger partial charge in [-0.1, -0.05) is 18.2 Å². The van der Waals surface area contributed by atoms with E-state index in [-0.39, 0.29) is 5.82 Å². The molecule has 3 aromatic rings. The molecule has 0 fully saturated rings. The highest BCUT2D eigenvalue weighted by molar-refractivity contribution is 5.98. The Balaban J connectivity index is 2.11. The van der Waals surface area contributed by atoms with E-state index >= 15 is 0 Å². The normalized spacial score (nSPS) is 10.7. The molecule has 3 N–H and O–H groups in total. The Kier molecular flexibility index (Phi) is 2.99. The third kappa shape index (κ3) is 2.16. The Morgan fingerprint density at radius 2 is 1.95 bits per heavy atom. The van der Waals surface area contributed by atoms with Gasteiger partial charge in [0, 0.05) is 23.0 Å². The van der Waals surface area contributed by atoms with Crippen LogP contribution in [0, 0.1) is 12.7 Å². The standard InChI is InChI=1S/C16H14FN3/c1-10-5-6-11(17)9-15(10)20-14-7-8-19-16-12(14)3-2-4-13(16)18/h2-9H,18H2,1H3,(H,19,20). The first-order valence-corrected chi connectivity index (χ1v) is 6.31. The van der Waals surface area contributed by atoms with Gasteiger partial charge in [-0.2, -0.15) is 0 Å². The zero-order valence-corrected chi connectivity index (χ0v) is 11.0. The van der Waals surface area contributed by atoms with Crippen LogP contribution in [0.25, 0.3) is 10.9 Å². The zero-order valence-electron chi connectivity index (χ0n) is 11.0. The minimum Gasteiger partial charge on any atom is -0.397 e. The first-order chi connectivity index (χ1) is 9.65. The van der Waals surface area contributed by atoms with Gasteiger partial charge in [-0.05, 0) is 36.8 Å². The molecule has 3 rings (SSSR count). The minimum atomic E-state index is -0.268. The highest BCUT2D eigenvalue weighted by Crippen LogP contribution is 2.29. The largest absolute Gasteiger partial charge is 0.397 e. The molecular weight excluding hydrogens is 253 g/mol. The molecule has 0 bridgehead atoms. The van der Waals surface area contributed by atoms with E-state index in [1.54, 1.807) is 12.3 Å². The summed E-state index contributed by atoms with van der Waals surface area (Å²) in [7, 11) is 0. The summed E-state index contributed by atoms with van der Waals surface area (Å²) in [6.07, 6.45) is 1.69. The lowest BCUT2D eigenvalue weighted by atomic mass is 10.1. The summed E-state index contributed by atoms with van der Waals surface area (Å²) in [5, 5.41) is 4.16. The van der Waals surface area contributed by atoms with Gasteiger partial charge in [-0.25, -0.2) is 4.39 Å². The number of anilines is 3. The van der Waals surface area contributed by atoms with Crippen LogP contribution in [0.1, 0.15) is 5.56 Å². The van der Waals surface area contributed by atoms with E-state index in [1.807, 2.05) is 31.2 Å². The van der Waals surface area contributed by atoms with Crippen LogP contribution in [-0.4, -0.2) is 4.98 Å². The number of aryl methyl sites for hydroxylation is 1. The molecule has 0 aliphatic rings. The highest BCUT2D eigenvalue weighted by atomic mass is 19.1. The molecule has 0 unspecified atom stereocenters. The average molecular weight is 267 g/mol. The number of para-hydroxylation sites is 1. The van der Waals surface area contributed by atoms with Gasteiger partial charge in [0.05, 0.1) is 11.2 Å².